The fraction of sp³-hybridized carbons (Fsp3) is 0.278. The van der Waals surface area contributed by atoms with Crippen LogP contribution in [-0.2, 0) is 0 Å². The van der Waals surface area contributed by atoms with Crippen molar-refractivity contribution < 1.29 is 4.92 Å². The van der Waals surface area contributed by atoms with E-state index in [1.54, 1.807) is 24.3 Å². The molecule has 2 heterocycles. The Balaban J connectivity index is 1.70. The van der Waals surface area contributed by atoms with E-state index >= 15 is 0 Å². The molecule has 5 nitrogen and oxygen atoms in total. The van der Waals surface area contributed by atoms with Crippen LogP contribution in [0.1, 0.15) is 29.5 Å². The van der Waals surface area contributed by atoms with Gasteiger partial charge in [0.1, 0.15) is 5.01 Å². The summed E-state index contributed by atoms with van der Waals surface area (Å²) < 4.78 is 1.21. The van der Waals surface area contributed by atoms with E-state index < -0.39 is 0 Å². The second kappa shape index (κ2) is 5.87. The predicted molar refractivity (Wildman–Crippen MR) is 96.8 cm³/mol. The van der Waals surface area contributed by atoms with Gasteiger partial charge in [-0.15, -0.1) is 11.3 Å². The highest BCUT2D eigenvalue weighted by molar-refractivity contribution is 7.18. The Morgan fingerprint density at radius 1 is 1.29 bits per heavy atom. The number of fused-ring (bicyclic) bond motifs is 1. The first kappa shape index (κ1) is 15.1. The summed E-state index contributed by atoms with van der Waals surface area (Å²) in [6, 6.07) is 13.8. The third kappa shape index (κ3) is 2.53. The van der Waals surface area contributed by atoms with E-state index in [4.69, 9.17) is 4.98 Å². The third-order valence-electron chi connectivity index (χ3n) is 4.56. The average Bonchev–Trinajstić information content (AvgIpc) is 3.20. The fourth-order valence-electron chi connectivity index (χ4n) is 3.39. The van der Waals surface area contributed by atoms with Gasteiger partial charge in [0, 0.05) is 23.9 Å². The summed E-state index contributed by atoms with van der Waals surface area (Å²) in [6.07, 6.45) is 2.17. The van der Waals surface area contributed by atoms with Gasteiger partial charge in [-0.25, -0.2) is 4.98 Å². The lowest BCUT2D eigenvalue weighted by Gasteiger charge is -2.25. The molecular formula is C18H17N3O2S. The van der Waals surface area contributed by atoms with Gasteiger partial charge in [-0.2, -0.15) is 0 Å². The highest BCUT2D eigenvalue weighted by atomic mass is 32.1. The normalized spacial score (nSPS) is 17.5. The lowest BCUT2D eigenvalue weighted by molar-refractivity contribution is -0.385. The van der Waals surface area contributed by atoms with Crippen LogP contribution >= 0.6 is 11.3 Å². The van der Waals surface area contributed by atoms with Gasteiger partial charge in [-0.05, 0) is 44.0 Å². The summed E-state index contributed by atoms with van der Waals surface area (Å²) in [5.41, 5.74) is 2.96. The molecule has 1 aliphatic heterocycles. The number of thiazole rings is 1. The number of rotatable bonds is 3. The van der Waals surface area contributed by atoms with Gasteiger partial charge in [0.25, 0.3) is 5.69 Å². The van der Waals surface area contributed by atoms with Gasteiger partial charge in [-0.3, -0.25) is 10.1 Å². The Bertz CT molecular complexity index is 889. The smallest absolute Gasteiger partial charge is 0.272 e. The second-order valence-corrected chi connectivity index (χ2v) is 7.16. The summed E-state index contributed by atoms with van der Waals surface area (Å²) in [6.45, 7) is 2.75. The van der Waals surface area contributed by atoms with Gasteiger partial charge < -0.3 is 4.90 Å². The number of aromatic nitrogens is 1. The molecule has 6 heteroatoms. The standard InChI is InChI=1S/C18H17N3O2S/c1-12-11-13(8-9-15(12)21(22)23)20-10-4-6-16(20)18-19-14-5-2-3-7-17(14)24-18/h2-3,5,7-9,11,16H,4,6,10H2,1H3. The third-order valence-corrected chi connectivity index (χ3v) is 5.69. The number of anilines is 1. The first-order valence-corrected chi connectivity index (χ1v) is 8.82. The van der Waals surface area contributed by atoms with Gasteiger partial charge in [0.15, 0.2) is 0 Å². The van der Waals surface area contributed by atoms with E-state index in [9.17, 15) is 10.1 Å². The number of nitro groups is 1. The molecule has 4 rings (SSSR count). The summed E-state index contributed by atoms with van der Waals surface area (Å²) in [4.78, 5) is 17.8. The van der Waals surface area contributed by atoms with Crippen molar-refractivity contribution in [3.05, 3.63) is 63.1 Å². The molecule has 1 aromatic heterocycles. The molecule has 0 saturated carbocycles. The molecule has 3 aromatic rings. The van der Waals surface area contributed by atoms with Gasteiger partial charge in [0.05, 0.1) is 21.2 Å². The summed E-state index contributed by atoms with van der Waals surface area (Å²) in [5, 5.41) is 12.2. The lowest BCUT2D eigenvalue weighted by Crippen LogP contribution is -2.22. The van der Waals surface area contributed by atoms with Gasteiger partial charge in [0.2, 0.25) is 0 Å². The zero-order valence-electron chi connectivity index (χ0n) is 13.3. The number of nitro benzene ring substituents is 1. The maximum atomic E-state index is 11.0. The monoisotopic (exact) mass is 339 g/mol. The van der Waals surface area contributed by atoms with Crippen LogP contribution in [0.3, 0.4) is 0 Å². The summed E-state index contributed by atoms with van der Waals surface area (Å²) in [5.74, 6) is 0. The fourth-order valence-corrected chi connectivity index (χ4v) is 4.50. The summed E-state index contributed by atoms with van der Waals surface area (Å²) >= 11 is 1.74. The van der Waals surface area contributed by atoms with E-state index in [0.29, 0.717) is 5.56 Å². The molecule has 1 saturated heterocycles. The minimum absolute atomic E-state index is 0.175. The number of hydrogen-bond donors (Lipinski definition) is 0. The van der Waals surface area contributed by atoms with Crippen molar-refractivity contribution in [3.63, 3.8) is 0 Å². The molecule has 24 heavy (non-hydrogen) atoms. The molecule has 0 N–H and O–H groups in total. The first-order chi connectivity index (χ1) is 11.6. The Hall–Kier alpha value is -2.47. The van der Waals surface area contributed by atoms with Crippen LogP contribution < -0.4 is 4.90 Å². The maximum absolute atomic E-state index is 11.0. The summed E-state index contributed by atoms with van der Waals surface area (Å²) in [7, 11) is 0. The van der Waals surface area contributed by atoms with Crippen molar-refractivity contribution in [2.75, 3.05) is 11.4 Å². The van der Waals surface area contributed by atoms with Crippen LogP contribution in [0.15, 0.2) is 42.5 Å². The Kier molecular flexibility index (Phi) is 3.69. The Morgan fingerprint density at radius 2 is 2.12 bits per heavy atom. The van der Waals surface area contributed by atoms with Crippen molar-refractivity contribution >= 4 is 32.9 Å². The molecule has 0 bridgehead atoms. The van der Waals surface area contributed by atoms with Crippen molar-refractivity contribution in [1.82, 2.24) is 4.98 Å². The molecule has 0 radical (unpaired) electrons. The zero-order valence-corrected chi connectivity index (χ0v) is 14.1. The number of para-hydroxylation sites is 1. The molecule has 1 aliphatic rings. The number of hydrogen-bond acceptors (Lipinski definition) is 5. The highest BCUT2D eigenvalue weighted by Gasteiger charge is 2.29. The van der Waals surface area contributed by atoms with Crippen LogP contribution in [-0.4, -0.2) is 16.5 Å². The molecule has 1 unspecified atom stereocenters. The minimum Gasteiger partial charge on any atom is -0.362 e. The first-order valence-electron chi connectivity index (χ1n) is 8.00. The second-order valence-electron chi connectivity index (χ2n) is 6.10. The van der Waals surface area contributed by atoms with E-state index in [1.165, 1.54) is 4.70 Å². The Morgan fingerprint density at radius 3 is 2.88 bits per heavy atom. The average molecular weight is 339 g/mol. The highest BCUT2D eigenvalue weighted by Crippen LogP contribution is 2.40. The molecule has 2 aromatic carbocycles. The van der Waals surface area contributed by atoms with E-state index in [0.717, 1.165) is 35.6 Å². The molecule has 1 atom stereocenters. The molecule has 1 fully saturated rings. The molecular weight excluding hydrogens is 322 g/mol. The van der Waals surface area contributed by atoms with Crippen LogP contribution in [0.4, 0.5) is 11.4 Å². The number of benzene rings is 2. The molecule has 0 aliphatic carbocycles. The predicted octanol–water partition coefficient (Wildman–Crippen LogP) is 4.85. The van der Waals surface area contributed by atoms with E-state index in [2.05, 4.69) is 11.0 Å². The van der Waals surface area contributed by atoms with Crippen LogP contribution in [0.2, 0.25) is 0 Å². The van der Waals surface area contributed by atoms with E-state index in [-0.39, 0.29) is 16.7 Å². The molecule has 0 spiro atoms. The van der Waals surface area contributed by atoms with Crippen molar-refractivity contribution in [2.24, 2.45) is 0 Å². The SMILES string of the molecule is Cc1cc(N2CCCC2c2nc3ccccc3s2)ccc1[N+](=O)[O-]. The van der Waals surface area contributed by atoms with Gasteiger partial charge >= 0.3 is 0 Å². The van der Waals surface area contributed by atoms with Crippen LogP contribution in [0.25, 0.3) is 10.2 Å². The maximum Gasteiger partial charge on any atom is 0.272 e. The minimum atomic E-state index is -0.325. The van der Waals surface area contributed by atoms with Crippen molar-refractivity contribution in [2.45, 2.75) is 25.8 Å². The zero-order chi connectivity index (χ0) is 16.7. The quantitative estimate of drug-likeness (QED) is 0.505. The largest absolute Gasteiger partial charge is 0.362 e. The van der Waals surface area contributed by atoms with Crippen molar-refractivity contribution in [1.29, 1.82) is 0 Å². The Labute approximate surface area is 143 Å². The van der Waals surface area contributed by atoms with Crippen LogP contribution in [0.5, 0.6) is 0 Å². The topological polar surface area (TPSA) is 59.3 Å². The van der Waals surface area contributed by atoms with Crippen LogP contribution in [0, 0.1) is 17.0 Å². The van der Waals surface area contributed by atoms with Gasteiger partial charge in [-0.1, -0.05) is 12.1 Å². The number of nitrogens with zero attached hydrogens (tertiary/aromatic N) is 3. The molecule has 122 valence electrons. The van der Waals surface area contributed by atoms with E-state index in [1.807, 2.05) is 30.3 Å². The lowest BCUT2D eigenvalue weighted by atomic mass is 10.1. The van der Waals surface area contributed by atoms with Crippen molar-refractivity contribution in [3.8, 4) is 0 Å². The number of aryl methyl sites for hydroxylation is 1. The molecule has 0 amide bonds.